The normalized spacial score (nSPS) is 14.4. The molecule has 2 aromatic rings. The molecule has 5 nitrogen and oxygen atoms in total. The van der Waals surface area contributed by atoms with Gasteiger partial charge in [0, 0.05) is 11.7 Å². The number of amides is 1. The number of carbonyl (C=O) groups excluding carboxylic acids is 2. The molecule has 1 amide bonds. The third-order valence-corrected chi connectivity index (χ3v) is 4.89. The summed E-state index contributed by atoms with van der Waals surface area (Å²) in [6.45, 7) is -0.126. The average Bonchev–Trinajstić information content (AvgIpc) is 2.73. The van der Waals surface area contributed by atoms with Gasteiger partial charge < -0.3 is 14.4 Å². The van der Waals surface area contributed by atoms with Gasteiger partial charge in [-0.15, -0.1) is 0 Å². The molecule has 0 unspecified atom stereocenters. The topological polar surface area (TPSA) is 55.8 Å². The molecule has 0 radical (unpaired) electrons. The molecular weight excluding hydrogens is 342 g/mol. The van der Waals surface area contributed by atoms with Crippen molar-refractivity contribution < 1.29 is 19.1 Å². The third-order valence-electron chi connectivity index (χ3n) is 4.89. The number of methoxy groups -OCH3 is 1. The van der Waals surface area contributed by atoms with Crippen LogP contribution in [-0.2, 0) is 9.53 Å². The van der Waals surface area contributed by atoms with E-state index in [0.717, 1.165) is 31.4 Å². The Morgan fingerprint density at radius 2 is 1.63 bits per heavy atom. The molecule has 0 aliphatic heterocycles. The molecule has 1 saturated carbocycles. The molecule has 0 spiro atoms. The van der Waals surface area contributed by atoms with Crippen LogP contribution in [0.4, 0.5) is 5.69 Å². The minimum atomic E-state index is -0.481. The van der Waals surface area contributed by atoms with Crippen molar-refractivity contribution in [1.29, 1.82) is 0 Å². The number of rotatable bonds is 6. The molecule has 5 heteroatoms. The van der Waals surface area contributed by atoms with Crippen LogP contribution in [0.15, 0.2) is 54.6 Å². The van der Waals surface area contributed by atoms with Crippen LogP contribution in [0, 0.1) is 0 Å². The van der Waals surface area contributed by atoms with Gasteiger partial charge in [0.05, 0.1) is 7.11 Å². The van der Waals surface area contributed by atoms with E-state index in [0.29, 0.717) is 11.3 Å². The number of nitrogens with zero attached hydrogens (tertiary/aromatic N) is 1. The summed E-state index contributed by atoms with van der Waals surface area (Å²) in [5.41, 5.74) is 1.20. The molecule has 3 rings (SSSR count). The monoisotopic (exact) mass is 367 g/mol. The molecule has 2 aromatic carbocycles. The van der Waals surface area contributed by atoms with Gasteiger partial charge in [0.1, 0.15) is 11.3 Å². The van der Waals surface area contributed by atoms with E-state index in [1.165, 1.54) is 13.5 Å². The highest BCUT2D eigenvalue weighted by Crippen LogP contribution is 2.28. The van der Waals surface area contributed by atoms with Gasteiger partial charge in [-0.3, -0.25) is 4.79 Å². The molecule has 1 aliphatic rings. The van der Waals surface area contributed by atoms with Gasteiger partial charge in [0.15, 0.2) is 6.61 Å². The second kappa shape index (κ2) is 9.21. The molecule has 0 heterocycles. The van der Waals surface area contributed by atoms with Crippen LogP contribution in [0.5, 0.6) is 5.75 Å². The summed E-state index contributed by atoms with van der Waals surface area (Å²) in [6, 6.07) is 16.7. The van der Waals surface area contributed by atoms with Gasteiger partial charge in [-0.1, -0.05) is 49.6 Å². The first-order valence-corrected chi connectivity index (χ1v) is 9.38. The average molecular weight is 367 g/mol. The molecular formula is C22H25NO4. The summed E-state index contributed by atoms with van der Waals surface area (Å²) >= 11 is 0. The van der Waals surface area contributed by atoms with Gasteiger partial charge in [-0.05, 0) is 37.1 Å². The lowest BCUT2D eigenvalue weighted by atomic mass is 9.93. The highest BCUT2D eigenvalue weighted by atomic mass is 16.5. The summed E-state index contributed by atoms with van der Waals surface area (Å²) in [6.07, 6.45) is 5.48. The number of ether oxygens (including phenoxy) is 2. The van der Waals surface area contributed by atoms with Crippen molar-refractivity contribution in [2.24, 2.45) is 0 Å². The lowest BCUT2D eigenvalue weighted by molar-refractivity contribution is -0.121. The zero-order valence-electron chi connectivity index (χ0n) is 15.6. The van der Waals surface area contributed by atoms with E-state index < -0.39 is 5.97 Å². The highest BCUT2D eigenvalue weighted by molar-refractivity contribution is 5.96. The first-order valence-electron chi connectivity index (χ1n) is 9.38. The molecule has 1 aliphatic carbocycles. The lowest BCUT2D eigenvalue weighted by Gasteiger charge is -2.34. The largest absolute Gasteiger partial charge is 0.483 e. The molecule has 1 fully saturated rings. The van der Waals surface area contributed by atoms with E-state index in [1.54, 1.807) is 24.3 Å². The van der Waals surface area contributed by atoms with E-state index in [2.05, 4.69) is 0 Å². The van der Waals surface area contributed by atoms with Gasteiger partial charge in [0.2, 0.25) is 0 Å². The zero-order chi connectivity index (χ0) is 19.1. The predicted octanol–water partition coefficient (Wildman–Crippen LogP) is 4.22. The van der Waals surface area contributed by atoms with Crippen LogP contribution in [0.2, 0.25) is 0 Å². The van der Waals surface area contributed by atoms with Crippen molar-refractivity contribution >= 4 is 17.6 Å². The lowest BCUT2D eigenvalue weighted by Crippen LogP contribution is -2.44. The van der Waals surface area contributed by atoms with Crippen LogP contribution in [0.1, 0.15) is 42.5 Å². The molecule has 0 N–H and O–H groups in total. The van der Waals surface area contributed by atoms with Crippen molar-refractivity contribution in [1.82, 2.24) is 0 Å². The summed E-state index contributed by atoms with van der Waals surface area (Å²) in [7, 11) is 1.32. The Hall–Kier alpha value is -2.82. The summed E-state index contributed by atoms with van der Waals surface area (Å²) in [5, 5.41) is 0. The molecule has 0 aromatic heterocycles. The molecule has 0 bridgehead atoms. The second-order valence-corrected chi connectivity index (χ2v) is 6.67. The van der Waals surface area contributed by atoms with Crippen LogP contribution in [0.3, 0.4) is 0 Å². The Bertz CT molecular complexity index is 769. The number of anilines is 1. The number of para-hydroxylation sites is 2. The number of esters is 1. The SMILES string of the molecule is COC(=O)c1ccccc1OCC(=O)N(c1ccccc1)C1CCCCC1. The van der Waals surface area contributed by atoms with Crippen LogP contribution < -0.4 is 9.64 Å². The van der Waals surface area contributed by atoms with Gasteiger partial charge in [-0.25, -0.2) is 4.79 Å². The van der Waals surface area contributed by atoms with Gasteiger partial charge in [-0.2, -0.15) is 0 Å². The van der Waals surface area contributed by atoms with E-state index in [4.69, 9.17) is 9.47 Å². The van der Waals surface area contributed by atoms with E-state index in [-0.39, 0.29) is 18.6 Å². The van der Waals surface area contributed by atoms with Crippen LogP contribution >= 0.6 is 0 Å². The molecule has 0 saturated heterocycles. The standard InChI is InChI=1S/C22H25NO4/c1-26-22(25)19-14-8-9-15-20(19)27-16-21(24)23(17-10-4-2-5-11-17)18-12-6-3-7-13-18/h2,4-5,8-11,14-15,18H,3,6-7,12-13,16H2,1H3. The number of carbonyl (C=O) groups is 2. The minimum Gasteiger partial charge on any atom is -0.483 e. The van der Waals surface area contributed by atoms with E-state index in [9.17, 15) is 9.59 Å². The first-order chi connectivity index (χ1) is 13.2. The predicted molar refractivity (Wildman–Crippen MR) is 104 cm³/mol. The quantitative estimate of drug-likeness (QED) is 0.718. The van der Waals surface area contributed by atoms with E-state index >= 15 is 0 Å². The molecule has 0 atom stereocenters. The maximum Gasteiger partial charge on any atom is 0.341 e. The zero-order valence-corrected chi connectivity index (χ0v) is 15.6. The maximum absolute atomic E-state index is 13.1. The van der Waals surface area contributed by atoms with Crippen molar-refractivity contribution in [3.8, 4) is 5.75 Å². The summed E-state index contributed by atoms with van der Waals surface area (Å²) in [5.74, 6) is -0.229. The third kappa shape index (κ3) is 4.67. The van der Waals surface area contributed by atoms with Crippen LogP contribution in [-0.4, -0.2) is 31.6 Å². The Morgan fingerprint density at radius 3 is 2.33 bits per heavy atom. The summed E-state index contributed by atoms with van der Waals surface area (Å²) in [4.78, 5) is 26.8. The van der Waals surface area contributed by atoms with Crippen molar-refractivity contribution in [3.63, 3.8) is 0 Å². The van der Waals surface area contributed by atoms with Crippen molar-refractivity contribution in [2.45, 2.75) is 38.1 Å². The molecule has 142 valence electrons. The Kier molecular flexibility index (Phi) is 6.47. The maximum atomic E-state index is 13.1. The fraction of sp³-hybridized carbons (Fsp3) is 0.364. The fourth-order valence-corrected chi connectivity index (χ4v) is 3.57. The summed E-state index contributed by atoms with van der Waals surface area (Å²) < 4.78 is 10.5. The Balaban J connectivity index is 1.76. The van der Waals surface area contributed by atoms with Crippen molar-refractivity contribution in [2.75, 3.05) is 18.6 Å². The smallest absolute Gasteiger partial charge is 0.341 e. The first kappa shape index (κ1) is 19.0. The second-order valence-electron chi connectivity index (χ2n) is 6.67. The minimum absolute atomic E-state index is 0.104. The Morgan fingerprint density at radius 1 is 0.963 bits per heavy atom. The number of benzene rings is 2. The van der Waals surface area contributed by atoms with Gasteiger partial charge >= 0.3 is 5.97 Å². The fourth-order valence-electron chi connectivity index (χ4n) is 3.57. The van der Waals surface area contributed by atoms with Crippen molar-refractivity contribution in [3.05, 3.63) is 60.2 Å². The highest BCUT2D eigenvalue weighted by Gasteiger charge is 2.27. The number of hydrogen-bond donors (Lipinski definition) is 0. The van der Waals surface area contributed by atoms with Gasteiger partial charge in [0.25, 0.3) is 5.91 Å². The van der Waals surface area contributed by atoms with Crippen LogP contribution in [0.25, 0.3) is 0 Å². The number of hydrogen-bond acceptors (Lipinski definition) is 4. The Labute approximate surface area is 159 Å². The van der Waals surface area contributed by atoms with E-state index in [1.807, 2.05) is 35.2 Å². The molecule has 27 heavy (non-hydrogen) atoms.